The van der Waals surface area contributed by atoms with Gasteiger partial charge in [-0.15, -0.1) is 0 Å². The predicted octanol–water partition coefficient (Wildman–Crippen LogP) is -1.40. The van der Waals surface area contributed by atoms with Gasteiger partial charge in [0.05, 0.1) is 5.97 Å². The maximum atomic E-state index is 12.3. The average molecular weight is 393 g/mol. The first kappa shape index (κ1) is 22.3. The van der Waals surface area contributed by atoms with Crippen molar-refractivity contribution >= 4 is 28.2 Å². The van der Waals surface area contributed by atoms with Gasteiger partial charge < -0.3 is 20.5 Å². The molecule has 150 valence electrons. The van der Waals surface area contributed by atoms with Crippen LogP contribution >= 0.6 is 0 Å². The molecule has 0 saturated carbocycles. The molecule has 1 heterocycles. The van der Waals surface area contributed by atoms with Gasteiger partial charge in [0.2, 0.25) is 5.91 Å². The molecule has 0 radical (unpaired) electrons. The van der Waals surface area contributed by atoms with E-state index in [1.54, 1.807) is 0 Å². The van der Waals surface area contributed by atoms with Crippen LogP contribution in [-0.2, 0) is 33.1 Å². The molecule has 1 aliphatic rings. The number of aliphatic carboxylic acids is 1. The number of hydrogen-bond donors (Lipinski definition) is 2. The van der Waals surface area contributed by atoms with Gasteiger partial charge in [0, 0.05) is 6.54 Å². The van der Waals surface area contributed by atoms with Gasteiger partial charge in [-0.25, -0.2) is 8.37 Å². The Morgan fingerprint density at radius 1 is 1.12 bits per heavy atom. The van der Waals surface area contributed by atoms with Crippen molar-refractivity contribution in [1.82, 2.24) is 10.6 Å². The zero-order valence-corrected chi connectivity index (χ0v) is 15.8. The number of unbranched alkanes of at least 4 members (excludes halogenated alkanes) is 1. The monoisotopic (exact) mass is 393 g/mol. The van der Waals surface area contributed by atoms with E-state index in [2.05, 4.69) is 19.0 Å². The summed E-state index contributed by atoms with van der Waals surface area (Å²) in [5.74, 6) is -3.02. The lowest BCUT2D eigenvalue weighted by Gasteiger charge is -2.21. The molecular formula is C15H25N2O8S-. The molecule has 3 atom stereocenters. The van der Waals surface area contributed by atoms with Gasteiger partial charge in [-0.2, -0.15) is 8.42 Å². The van der Waals surface area contributed by atoms with Gasteiger partial charge >= 0.3 is 10.4 Å². The zero-order chi connectivity index (χ0) is 19.9. The van der Waals surface area contributed by atoms with Gasteiger partial charge in [-0.1, -0.05) is 33.6 Å². The first-order valence-corrected chi connectivity index (χ1v) is 9.81. The van der Waals surface area contributed by atoms with E-state index in [0.717, 1.165) is 12.8 Å². The first-order valence-electron chi connectivity index (χ1n) is 8.47. The second-order valence-electron chi connectivity index (χ2n) is 6.44. The van der Waals surface area contributed by atoms with Gasteiger partial charge in [0.1, 0.15) is 6.04 Å². The van der Waals surface area contributed by atoms with Crippen LogP contribution in [0.1, 0.15) is 46.5 Å². The Morgan fingerprint density at radius 2 is 1.73 bits per heavy atom. The lowest BCUT2D eigenvalue weighted by Crippen LogP contribution is -2.54. The van der Waals surface area contributed by atoms with Crippen molar-refractivity contribution in [3.63, 3.8) is 0 Å². The maximum absolute atomic E-state index is 12.3. The highest BCUT2D eigenvalue weighted by molar-refractivity contribution is 7.82. The van der Waals surface area contributed by atoms with Crippen molar-refractivity contribution in [2.24, 2.45) is 5.92 Å². The summed E-state index contributed by atoms with van der Waals surface area (Å²) in [4.78, 5) is 35.5. The molecule has 0 unspecified atom stereocenters. The Labute approximate surface area is 152 Å². The van der Waals surface area contributed by atoms with Crippen LogP contribution in [-0.4, -0.2) is 51.0 Å². The van der Waals surface area contributed by atoms with Crippen LogP contribution in [0.5, 0.6) is 0 Å². The molecule has 0 aliphatic carbocycles. The molecule has 0 aromatic carbocycles. The SMILES string of the molecule is CCCC[C@H](NC(=O)[C@H]1OS(=O)(=O)O[C@@H]1C(=O)[O-])C(=O)NCCC(C)C. The molecule has 1 fully saturated rings. The van der Waals surface area contributed by atoms with Crippen LogP contribution in [0.15, 0.2) is 0 Å². The fourth-order valence-electron chi connectivity index (χ4n) is 2.26. The van der Waals surface area contributed by atoms with E-state index in [9.17, 15) is 27.9 Å². The highest BCUT2D eigenvalue weighted by Gasteiger charge is 2.46. The van der Waals surface area contributed by atoms with Crippen molar-refractivity contribution in [2.45, 2.75) is 64.7 Å². The molecule has 1 rings (SSSR count). The van der Waals surface area contributed by atoms with E-state index in [1.807, 2.05) is 20.8 Å². The van der Waals surface area contributed by atoms with Gasteiger partial charge in [0.15, 0.2) is 12.2 Å². The lowest BCUT2D eigenvalue weighted by atomic mass is 10.1. The minimum atomic E-state index is -4.61. The first-order chi connectivity index (χ1) is 12.1. The fraction of sp³-hybridized carbons (Fsp3) is 0.800. The van der Waals surface area contributed by atoms with Crippen molar-refractivity contribution in [3.05, 3.63) is 0 Å². The summed E-state index contributed by atoms with van der Waals surface area (Å²) in [6, 6.07) is -0.941. The van der Waals surface area contributed by atoms with Crippen LogP contribution in [0.3, 0.4) is 0 Å². The largest absolute Gasteiger partial charge is 0.547 e. The summed E-state index contributed by atoms with van der Waals surface area (Å²) in [6.45, 7) is 6.33. The number of rotatable bonds is 10. The van der Waals surface area contributed by atoms with E-state index in [4.69, 9.17) is 0 Å². The summed E-state index contributed by atoms with van der Waals surface area (Å²) < 4.78 is 31.1. The molecule has 2 amide bonds. The lowest BCUT2D eigenvalue weighted by molar-refractivity contribution is -0.314. The second kappa shape index (κ2) is 9.83. The molecule has 0 aromatic rings. The highest BCUT2D eigenvalue weighted by atomic mass is 32.3. The average Bonchev–Trinajstić information content (AvgIpc) is 2.87. The summed E-state index contributed by atoms with van der Waals surface area (Å²) >= 11 is 0. The second-order valence-corrected chi connectivity index (χ2v) is 7.64. The molecule has 2 N–H and O–H groups in total. The van der Waals surface area contributed by atoms with E-state index in [0.29, 0.717) is 25.3 Å². The van der Waals surface area contributed by atoms with E-state index < -0.39 is 46.4 Å². The van der Waals surface area contributed by atoms with Gasteiger partial charge in [0.25, 0.3) is 5.91 Å². The van der Waals surface area contributed by atoms with Crippen LogP contribution < -0.4 is 15.7 Å². The molecule has 1 aliphatic heterocycles. The minimum Gasteiger partial charge on any atom is -0.547 e. The Morgan fingerprint density at radius 3 is 2.27 bits per heavy atom. The number of amides is 2. The zero-order valence-electron chi connectivity index (χ0n) is 15.0. The fourth-order valence-corrected chi connectivity index (χ4v) is 3.18. The van der Waals surface area contributed by atoms with E-state index in [1.165, 1.54) is 0 Å². The topological polar surface area (TPSA) is 151 Å². The highest BCUT2D eigenvalue weighted by Crippen LogP contribution is 2.21. The maximum Gasteiger partial charge on any atom is 0.401 e. The molecule has 1 saturated heterocycles. The molecule has 26 heavy (non-hydrogen) atoms. The molecule has 11 heteroatoms. The summed E-state index contributed by atoms with van der Waals surface area (Å²) in [5, 5.41) is 16.0. The molecule has 0 bridgehead atoms. The third kappa shape index (κ3) is 6.89. The summed E-state index contributed by atoms with van der Waals surface area (Å²) in [6.07, 6.45) is -1.58. The number of carbonyl (C=O) groups excluding carboxylic acids is 3. The molecular weight excluding hydrogens is 368 g/mol. The smallest absolute Gasteiger partial charge is 0.401 e. The third-order valence-corrected chi connectivity index (χ3v) is 4.60. The molecule has 10 nitrogen and oxygen atoms in total. The standard InChI is InChI=1S/C15H26N2O8S/c1-4-5-6-10(13(18)16-8-7-9(2)3)17-14(19)11-12(15(20)21)25-26(22,23)24-11/h9-12H,4-8H2,1-3H3,(H,16,18)(H,17,19)(H,20,21)/p-1/t10-,11-,12-/m0/s1. The molecule has 0 spiro atoms. The van der Waals surface area contributed by atoms with Crippen LogP contribution in [0, 0.1) is 5.92 Å². The van der Waals surface area contributed by atoms with Crippen molar-refractivity contribution < 1.29 is 36.3 Å². The quantitative estimate of drug-likeness (QED) is 0.460. The predicted molar refractivity (Wildman–Crippen MR) is 87.6 cm³/mol. The third-order valence-electron chi connectivity index (χ3n) is 3.71. The number of nitrogens with one attached hydrogen (secondary N) is 2. The number of carboxylic acid groups (broad SMARTS) is 1. The van der Waals surface area contributed by atoms with Gasteiger partial charge in [-0.05, 0) is 18.8 Å². The van der Waals surface area contributed by atoms with Crippen molar-refractivity contribution in [3.8, 4) is 0 Å². The van der Waals surface area contributed by atoms with Crippen LogP contribution in [0.2, 0.25) is 0 Å². The Kier molecular flexibility index (Phi) is 8.44. The van der Waals surface area contributed by atoms with E-state index in [-0.39, 0.29) is 0 Å². The normalized spacial score (nSPS) is 22.8. The van der Waals surface area contributed by atoms with Crippen molar-refractivity contribution in [2.75, 3.05) is 6.54 Å². The minimum absolute atomic E-state index is 0.312. The Hall–Kier alpha value is -1.72. The van der Waals surface area contributed by atoms with Crippen LogP contribution in [0.4, 0.5) is 0 Å². The summed E-state index contributed by atoms with van der Waals surface area (Å²) in [7, 11) is -4.61. The Balaban J connectivity index is 2.77. The number of carbonyl (C=O) groups is 3. The van der Waals surface area contributed by atoms with Crippen LogP contribution in [0.25, 0.3) is 0 Å². The number of carboxylic acids is 1. The Bertz CT molecular complexity index is 619. The summed E-state index contributed by atoms with van der Waals surface area (Å²) in [5.41, 5.74) is 0. The van der Waals surface area contributed by atoms with Crippen molar-refractivity contribution in [1.29, 1.82) is 0 Å². The van der Waals surface area contributed by atoms with Gasteiger partial charge in [-0.3, -0.25) is 9.59 Å². The number of hydrogen-bond acceptors (Lipinski definition) is 8. The van der Waals surface area contributed by atoms with E-state index >= 15 is 0 Å². The molecule has 0 aromatic heterocycles.